The van der Waals surface area contributed by atoms with Crippen LogP contribution < -0.4 is 0 Å². The second kappa shape index (κ2) is 6.10. The van der Waals surface area contributed by atoms with Gasteiger partial charge in [-0.25, -0.2) is 4.98 Å². The molecule has 0 spiro atoms. The minimum absolute atomic E-state index is 0.261. The number of para-hydroxylation sites is 2. The van der Waals surface area contributed by atoms with Crippen LogP contribution >= 0.6 is 15.9 Å². The molecule has 0 bridgehead atoms. The molecule has 0 unspecified atom stereocenters. The molecule has 24 heavy (non-hydrogen) atoms. The Hall–Kier alpha value is -2.65. The van der Waals surface area contributed by atoms with E-state index in [-0.39, 0.29) is 5.75 Å². The molecule has 4 rings (SSSR count). The number of benzene rings is 3. The highest BCUT2D eigenvalue weighted by Gasteiger charge is 2.06. The Labute approximate surface area is 148 Å². The van der Waals surface area contributed by atoms with Crippen molar-refractivity contribution in [3.05, 3.63) is 82.3 Å². The van der Waals surface area contributed by atoms with Crippen molar-refractivity contribution in [1.29, 1.82) is 0 Å². The van der Waals surface area contributed by atoms with E-state index in [1.807, 2.05) is 60.7 Å². The second-order valence-corrected chi connectivity index (χ2v) is 6.51. The number of phenolic OH excluding ortho intramolecular Hbond substituents is 1. The number of fused-ring (bicyclic) bond motifs is 2. The lowest BCUT2D eigenvalue weighted by molar-refractivity contribution is 0.474. The average molecular weight is 376 g/mol. The molecule has 3 heteroatoms. The first-order valence-electron chi connectivity index (χ1n) is 7.66. The van der Waals surface area contributed by atoms with Crippen molar-refractivity contribution < 1.29 is 5.11 Å². The first kappa shape index (κ1) is 14.9. The van der Waals surface area contributed by atoms with Crippen LogP contribution in [0.15, 0.2) is 71.2 Å². The van der Waals surface area contributed by atoms with Crippen LogP contribution in [0.5, 0.6) is 5.75 Å². The highest BCUT2D eigenvalue weighted by atomic mass is 79.9. The van der Waals surface area contributed by atoms with Crippen molar-refractivity contribution in [2.45, 2.75) is 0 Å². The number of rotatable bonds is 2. The lowest BCUT2D eigenvalue weighted by Gasteiger charge is -2.07. The van der Waals surface area contributed by atoms with Crippen LogP contribution in [-0.2, 0) is 0 Å². The van der Waals surface area contributed by atoms with E-state index in [9.17, 15) is 5.11 Å². The predicted octanol–water partition coefficient (Wildman–Crippen LogP) is 6.03. The molecule has 3 aromatic carbocycles. The van der Waals surface area contributed by atoms with Crippen molar-refractivity contribution in [2.75, 3.05) is 0 Å². The number of aromatic hydroxyl groups is 1. The zero-order valence-corrected chi connectivity index (χ0v) is 14.4. The van der Waals surface area contributed by atoms with Gasteiger partial charge >= 0.3 is 0 Å². The Morgan fingerprint density at radius 3 is 2.08 bits per heavy atom. The van der Waals surface area contributed by atoms with Gasteiger partial charge in [-0.1, -0.05) is 64.5 Å². The summed E-state index contributed by atoms with van der Waals surface area (Å²) < 4.78 is 0.935. The highest BCUT2D eigenvalue weighted by molar-refractivity contribution is 9.10. The first-order chi connectivity index (χ1) is 11.7. The van der Waals surface area contributed by atoms with Gasteiger partial charge in [0.15, 0.2) is 0 Å². The standard InChI is InChI=1S/C21H14BrNO/c22-15-10-12-21(24)14(13-15)9-11-16-17-5-1-3-7-19(17)23-20-8-4-2-6-18(16)20/h1-13,24H. The van der Waals surface area contributed by atoms with Gasteiger partial charge in [-0.15, -0.1) is 0 Å². The average Bonchev–Trinajstić information content (AvgIpc) is 2.61. The molecular weight excluding hydrogens is 362 g/mol. The summed E-state index contributed by atoms with van der Waals surface area (Å²) in [4.78, 5) is 4.73. The summed E-state index contributed by atoms with van der Waals surface area (Å²) in [6.07, 6.45) is 3.99. The Bertz CT molecular complexity index is 1030. The molecular formula is C21H14BrNO. The van der Waals surface area contributed by atoms with Crippen LogP contribution in [0, 0.1) is 0 Å². The molecule has 0 aliphatic rings. The zero-order valence-electron chi connectivity index (χ0n) is 12.8. The van der Waals surface area contributed by atoms with E-state index in [2.05, 4.69) is 28.1 Å². The molecule has 0 atom stereocenters. The van der Waals surface area contributed by atoms with E-state index in [0.717, 1.165) is 37.4 Å². The number of halogens is 1. The Morgan fingerprint density at radius 1 is 0.792 bits per heavy atom. The third-order valence-electron chi connectivity index (χ3n) is 4.05. The van der Waals surface area contributed by atoms with Gasteiger partial charge in [-0.05, 0) is 35.9 Å². The molecule has 0 saturated carbocycles. The van der Waals surface area contributed by atoms with Crippen molar-refractivity contribution in [1.82, 2.24) is 4.98 Å². The van der Waals surface area contributed by atoms with Gasteiger partial charge in [-0.2, -0.15) is 0 Å². The lowest BCUT2D eigenvalue weighted by atomic mass is 10.0. The third kappa shape index (κ3) is 2.68. The summed E-state index contributed by atoms with van der Waals surface area (Å²) in [6.45, 7) is 0. The molecule has 1 aromatic heterocycles. The van der Waals surface area contributed by atoms with Crippen molar-refractivity contribution >= 4 is 49.9 Å². The molecule has 1 heterocycles. The quantitative estimate of drug-likeness (QED) is 0.434. The number of hydrogen-bond acceptors (Lipinski definition) is 2. The maximum absolute atomic E-state index is 10.1. The van der Waals surface area contributed by atoms with Crippen molar-refractivity contribution in [3.63, 3.8) is 0 Å². The van der Waals surface area contributed by atoms with Crippen LogP contribution in [0.3, 0.4) is 0 Å². The fourth-order valence-corrected chi connectivity index (χ4v) is 3.26. The Kier molecular flexibility index (Phi) is 3.79. The Morgan fingerprint density at radius 2 is 1.42 bits per heavy atom. The first-order valence-corrected chi connectivity index (χ1v) is 8.46. The number of phenols is 1. The van der Waals surface area contributed by atoms with Crippen LogP contribution in [-0.4, -0.2) is 10.1 Å². The lowest BCUT2D eigenvalue weighted by Crippen LogP contribution is -1.87. The topological polar surface area (TPSA) is 33.1 Å². The number of pyridine rings is 1. The van der Waals surface area contributed by atoms with E-state index in [1.54, 1.807) is 6.07 Å². The fourth-order valence-electron chi connectivity index (χ4n) is 2.88. The fraction of sp³-hybridized carbons (Fsp3) is 0. The molecule has 0 radical (unpaired) electrons. The van der Waals surface area contributed by atoms with Gasteiger partial charge in [0, 0.05) is 20.8 Å². The van der Waals surface area contributed by atoms with E-state index in [1.165, 1.54) is 0 Å². The highest BCUT2D eigenvalue weighted by Crippen LogP contribution is 2.29. The minimum atomic E-state index is 0.261. The second-order valence-electron chi connectivity index (χ2n) is 5.60. The SMILES string of the molecule is Oc1ccc(Br)cc1C=Cc1c2ccccc2nc2ccccc12. The molecule has 2 nitrogen and oxygen atoms in total. The summed E-state index contributed by atoms with van der Waals surface area (Å²) in [5, 5.41) is 12.3. The molecule has 0 aliphatic heterocycles. The van der Waals surface area contributed by atoms with Crippen LogP contribution in [0.4, 0.5) is 0 Å². The van der Waals surface area contributed by atoms with Crippen LogP contribution in [0.1, 0.15) is 11.1 Å². The van der Waals surface area contributed by atoms with Crippen LogP contribution in [0.2, 0.25) is 0 Å². The molecule has 1 N–H and O–H groups in total. The van der Waals surface area contributed by atoms with E-state index < -0.39 is 0 Å². The number of aromatic nitrogens is 1. The summed E-state index contributed by atoms with van der Waals surface area (Å²) in [5.41, 5.74) is 3.81. The smallest absolute Gasteiger partial charge is 0.122 e. The largest absolute Gasteiger partial charge is 0.507 e. The predicted molar refractivity (Wildman–Crippen MR) is 104 cm³/mol. The molecule has 0 amide bonds. The van der Waals surface area contributed by atoms with E-state index in [4.69, 9.17) is 4.98 Å². The molecule has 0 aliphatic carbocycles. The molecule has 4 aromatic rings. The summed E-state index contributed by atoms with van der Waals surface area (Å²) in [5.74, 6) is 0.261. The van der Waals surface area contributed by atoms with Crippen LogP contribution in [0.25, 0.3) is 34.0 Å². The molecule has 0 fully saturated rings. The van der Waals surface area contributed by atoms with Gasteiger partial charge in [0.1, 0.15) is 5.75 Å². The third-order valence-corrected chi connectivity index (χ3v) is 4.54. The van der Waals surface area contributed by atoms with Gasteiger partial charge in [0.25, 0.3) is 0 Å². The Balaban J connectivity index is 1.96. The molecule has 0 saturated heterocycles. The zero-order chi connectivity index (χ0) is 16.5. The maximum Gasteiger partial charge on any atom is 0.122 e. The molecule has 116 valence electrons. The minimum Gasteiger partial charge on any atom is -0.507 e. The van der Waals surface area contributed by atoms with Gasteiger partial charge < -0.3 is 5.11 Å². The van der Waals surface area contributed by atoms with Gasteiger partial charge in [0.05, 0.1) is 11.0 Å². The van der Waals surface area contributed by atoms with E-state index >= 15 is 0 Å². The number of hydrogen-bond donors (Lipinski definition) is 1. The van der Waals surface area contributed by atoms with E-state index in [0.29, 0.717) is 0 Å². The monoisotopic (exact) mass is 375 g/mol. The normalized spacial score (nSPS) is 11.5. The maximum atomic E-state index is 10.1. The summed E-state index contributed by atoms with van der Waals surface area (Å²) in [7, 11) is 0. The number of nitrogens with zero attached hydrogens (tertiary/aromatic N) is 1. The van der Waals surface area contributed by atoms with Gasteiger partial charge in [0.2, 0.25) is 0 Å². The summed E-state index contributed by atoms with van der Waals surface area (Å²) >= 11 is 3.45. The van der Waals surface area contributed by atoms with Crippen molar-refractivity contribution in [3.8, 4) is 5.75 Å². The van der Waals surface area contributed by atoms with Gasteiger partial charge in [-0.3, -0.25) is 0 Å². The summed E-state index contributed by atoms with van der Waals surface area (Å²) in [6, 6.07) is 21.7. The van der Waals surface area contributed by atoms with Crippen molar-refractivity contribution in [2.24, 2.45) is 0 Å².